The Morgan fingerprint density at radius 3 is 2.46 bits per heavy atom. The summed E-state index contributed by atoms with van der Waals surface area (Å²) in [6.45, 7) is 0.317. The van der Waals surface area contributed by atoms with Crippen LogP contribution in [0.1, 0.15) is 11.1 Å². The zero-order chi connectivity index (χ0) is 26.4. The van der Waals surface area contributed by atoms with Gasteiger partial charge in [-0.15, -0.1) is 0 Å². The van der Waals surface area contributed by atoms with E-state index in [0.717, 1.165) is 17.3 Å². The van der Waals surface area contributed by atoms with Crippen LogP contribution in [0.4, 0.5) is 11.4 Å². The van der Waals surface area contributed by atoms with E-state index in [1.54, 1.807) is 36.4 Å². The van der Waals surface area contributed by atoms with Crippen LogP contribution in [0, 0.1) is 21.4 Å². The molecule has 37 heavy (non-hydrogen) atoms. The van der Waals surface area contributed by atoms with Crippen LogP contribution in [0.2, 0.25) is 5.02 Å². The number of nitrogens with one attached hydrogen (secondary N) is 1. The number of nitro groups is 1. The molecule has 1 fully saturated rings. The molecule has 10 heteroatoms. The SMILES string of the molecule is N#C/C(C(=O)NCCc1ccccc1)=C1/S[C@H](Cc2cccc([N+](=O)[O-])c2)C(=O)N1c1ccc(Cl)cc1. The summed E-state index contributed by atoms with van der Waals surface area (Å²) < 4.78 is 0. The van der Waals surface area contributed by atoms with E-state index in [2.05, 4.69) is 5.32 Å². The number of benzene rings is 3. The number of halogens is 1. The molecule has 8 nitrogen and oxygen atoms in total. The summed E-state index contributed by atoms with van der Waals surface area (Å²) in [6, 6.07) is 24.2. The van der Waals surface area contributed by atoms with E-state index in [0.29, 0.717) is 29.2 Å². The van der Waals surface area contributed by atoms with Crippen LogP contribution < -0.4 is 10.2 Å². The largest absolute Gasteiger partial charge is 0.351 e. The Bertz CT molecular complexity index is 1400. The number of thioether (sulfide) groups is 1. The minimum Gasteiger partial charge on any atom is -0.351 e. The van der Waals surface area contributed by atoms with Gasteiger partial charge in [0.2, 0.25) is 5.91 Å². The first kappa shape index (κ1) is 25.9. The molecule has 1 saturated heterocycles. The van der Waals surface area contributed by atoms with Gasteiger partial charge in [0, 0.05) is 29.4 Å². The van der Waals surface area contributed by atoms with Crippen molar-refractivity contribution in [3.63, 3.8) is 0 Å². The van der Waals surface area contributed by atoms with Crippen LogP contribution in [0.25, 0.3) is 0 Å². The predicted octanol–water partition coefficient (Wildman–Crippen LogP) is 5.03. The molecule has 1 aliphatic rings. The molecule has 0 bridgehead atoms. The summed E-state index contributed by atoms with van der Waals surface area (Å²) in [5.74, 6) is -0.914. The molecule has 0 spiro atoms. The third-order valence-electron chi connectivity index (χ3n) is 5.67. The molecule has 1 atom stereocenters. The number of carbonyl (C=O) groups is 2. The highest BCUT2D eigenvalue weighted by atomic mass is 35.5. The summed E-state index contributed by atoms with van der Waals surface area (Å²) in [5, 5.41) is 23.9. The Balaban J connectivity index is 1.62. The molecule has 0 radical (unpaired) electrons. The Morgan fingerprint density at radius 2 is 1.78 bits per heavy atom. The van der Waals surface area contributed by atoms with Gasteiger partial charge >= 0.3 is 0 Å². The first-order valence-electron chi connectivity index (χ1n) is 11.3. The summed E-state index contributed by atoms with van der Waals surface area (Å²) in [4.78, 5) is 38.6. The summed E-state index contributed by atoms with van der Waals surface area (Å²) >= 11 is 7.12. The molecule has 1 aliphatic heterocycles. The van der Waals surface area contributed by atoms with E-state index in [-0.39, 0.29) is 28.6 Å². The van der Waals surface area contributed by atoms with E-state index in [9.17, 15) is 25.0 Å². The van der Waals surface area contributed by atoms with Crippen LogP contribution in [-0.2, 0) is 22.4 Å². The molecule has 3 aromatic rings. The number of rotatable bonds is 8. The lowest BCUT2D eigenvalue weighted by atomic mass is 10.1. The lowest BCUT2D eigenvalue weighted by Gasteiger charge is -2.19. The highest BCUT2D eigenvalue weighted by Crippen LogP contribution is 2.42. The molecule has 1 N–H and O–H groups in total. The van der Waals surface area contributed by atoms with Crippen LogP contribution in [0.3, 0.4) is 0 Å². The first-order chi connectivity index (χ1) is 17.9. The van der Waals surface area contributed by atoms with E-state index < -0.39 is 16.1 Å². The number of anilines is 1. The number of amides is 2. The molecule has 1 heterocycles. The van der Waals surface area contributed by atoms with Gasteiger partial charge < -0.3 is 5.32 Å². The molecule has 0 unspecified atom stereocenters. The smallest absolute Gasteiger partial charge is 0.269 e. The minimum absolute atomic E-state index is 0.0752. The number of nitrogens with zero attached hydrogens (tertiary/aromatic N) is 3. The standard InChI is InChI=1S/C27H21ClN4O4S/c28-20-9-11-21(12-10-20)31-26(34)24(16-19-7-4-8-22(15-19)32(35)36)37-27(31)23(17-29)25(33)30-14-13-18-5-2-1-3-6-18/h1-12,15,24H,13-14,16H2,(H,30,33)/b27-23-/t24-/m1/s1. The molecule has 4 rings (SSSR count). The fraction of sp³-hybridized carbons (Fsp3) is 0.148. The fourth-order valence-corrected chi connectivity index (χ4v) is 5.31. The zero-order valence-corrected chi connectivity index (χ0v) is 21.0. The normalized spacial score (nSPS) is 16.3. The molecular weight excluding hydrogens is 512 g/mol. The van der Waals surface area contributed by atoms with E-state index in [4.69, 9.17) is 11.6 Å². The Hall–Kier alpha value is -4.13. The lowest BCUT2D eigenvalue weighted by Crippen LogP contribution is -2.32. The number of carbonyl (C=O) groups excluding carboxylic acids is 2. The lowest BCUT2D eigenvalue weighted by molar-refractivity contribution is -0.384. The number of hydrogen-bond donors (Lipinski definition) is 1. The van der Waals surface area contributed by atoms with Crippen molar-refractivity contribution in [3.05, 3.63) is 116 Å². The molecule has 0 aliphatic carbocycles. The monoisotopic (exact) mass is 532 g/mol. The fourth-order valence-electron chi connectivity index (χ4n) is 3.88. The highest BCUT2D eigenvalue weighted by molar-refractivity contribution is 8.05. The molecule has 3 aromatic carbocycles. The van der Waals surface area contributed by atoms with Gasteiger partial charge in [0.25, 0.3) is 11.6 Å². The first-order valence-corrected chi connectivity index (χ1v) is 12.6. The third kappa shape index (κ3) is 6.17. The van der Waals surface area contributed by atoms with Crippen LogP contribution in [0.5, 0.6) is 0 Å². The van der Waals surface area contributed by atoms with Crippen molar-refractivity contribution >= 4 is 46.6 Å². The number of nitro benzene ring substituents is 1. The highest BCUT2D eigenvalue weighted by Gasteiger charge is 2.40. The zero-order valence-electron chi connectivity index (χ0n) is 19.5. The van der Waals surface area contributed by atoms with Gasteiger partial charge in [0.05, 0.1) is 10.2 Å². The van der Waals surface area contributed by atoms with Crippen molar-refractivity contribution in [1.29, 1.82) is 5.26 Å². The van der Waals surface area contributed by atoms with E-state index in [1.165, 1.54) is 17.0 Å². The number of hydrogen-bond acceptors (Lipinski definition) is 6. The molecule has 0 saturated carbocycles. The minimum atomic E-state index is -0.687. The van der Waals surface area contributed by atoms with E-state index >= 15 is 0 Å². The maximum atomic E-state index is 13.5. The maximum Gasteiger partial charge on any atom is 0.269 e. The van der Waals surface area contributed by atoms with Gasteiger partial charge in [0.1, 0.15) is 16.7 Å². The van der Waals surface area contributed by atoms with E-state index in [1.807, 2.05) is 36.4 Å². The van der Waals surface area contributed by atoms with Crippen molar-refractivity contribution < 1.29 is 14.5 Å². The van der Waals surface area contributed by atoms with Gasteiger partial charge in [-0.2, -0.15) is 5.26 Å². The number of nitriles is 1. The Labute approximate surface area is 222 Å². The van der Waals surface area contributed by atoms with Gasteiger partial charge in [-0.05, 0) is 48.2 Å². The van der Waals surface area contributed by atoms with Crippen molar-refractivity contribution in [3.8, 4) is 6.07 Å². The second kappa shape index (κ2) is 11.7. The molecule has 0 aromatic heterocycles. The average Bonchev–Trinajstić information content (AvgIpc) is 3.21. The quantitative estimate of drug-likeness (QED) is 0.188. The van der Waals surface area contributed by atoms with Crippen LogP contribution in [-0.4, -0.2) is 28.5 Å². The topological polar surface area (TPSA) is 116 Å². The molecular formula is C27H21ClN4O4S. The van der Waals surface area contributed by atoms with Gasteiger partial charge in [-0.3, -0.25) is 24.6 Å². The Morgan fingerprint density at radius 1 is 1.08 bits per heavy atom. The van der Waals surface area contributed by atoms with Gasteiger partial charge in [0.15, 0.2) is 0 Å². The Kier molecular flexibility index (Phi) is 8.23. The average molecular weight is 533 g/mol. The second-order valence-corrected chi connectivity index (χ2v) is 9.80. The van der Waals surface area contributed by atoms with Crippen molar-refractivity contribution in [2.75, 3.05) is 11.4 Å². The summed E-state index contributed by atoms with van der Waals surface area (Å²) in [5.41, 5.74) is 1.85. The maximum absolute atomic E-state index is 13.5. The second-order valence-electron chi connectivity index (χ2n) is 8.17. The van der Waals surface area contributed by atoms with Crippen molar-refractivity contribution in [2.45, 2.75) is 18.1 Å². The van der Waals surface area contributed by atoms with Crippen LogP contribution in [0.15, 0.2) is 89.5 Å². The van der Waals surface area contributed by atoms with Crippen molar-refractivity contribution in [2.24, 2.45) is 0 Å². The van der Waals surface area contributed by atoms with Crippen LogP contribution >= 0.6 is 23.4 Å². The summed E-state index contributed by atoms with van der Waals surface area (Å²) in [6.07, 6.45) is 0.774. The summed E-state index contributed by atoms with van der Waals surface area (Å²) in [7, 11) is 0. The third-order valence-corrected chi connectivity index (χ3v) is 7.19. The van der Waals surface area contributed by atoms with Gasteiger partial charge in [-0.1, -0.05) is 65.8 Å². The number of non-ortho nitro benzene ring substituents is 1. The van der Waals surface area contributed by atoms with Gasteiger partial charge in [-0.25, -0.2) is 0 Å². The van der Waals surface area contributed by atoms with Crippen molar-refractivity contribution in [1.82, 2.24) is 5.32 Å². The predicted molar refractivity (Wildman–Crippen MR) is 143 cm³/mol. The molecule has 186 valence electrons. The molecule has 2 amide bonds.